The van der Waals surface area contributed by atoms with Crippen LogP contribution in [0.25, 0.3) is 0 Å². The number of amides is 2. The Morgan fingerprint density at radius 2 is 2.09 bits per heavy atom. The van der Waals surface area contributed by atoms with Crippen LogP contribution in [0.1, 0.15) is 31.5 Å². The molecule has 0 saturated carbocycles. The summed E-state index contributed by atoms with van der Waals surface area (Å²) in [6.07, 6.45) is 0.859. The number of urea groups is 1. The van der Waals surface area contributed by atoms with Crippen molar-refractivity contribution in [3.63, 3.8) is 0 Å². The van der Waals surface area contributed by atoms with Crippen molar-refractivity contribution in [3.8, 4) is 0 Å². The summed E-state index contributed by atoms with van der Waals surface area (Å²) in [6, 6.07) is -0.979. The summed E-state index contributed by atoms with van der Waals surface area (Å²) in [7, 11) is 2.99. The number of methoxy groups -OCH3 is 1. The second kappa shape index (κ2) is 9.22. The lowest BCUT2D eigenvalue weighted by Crippen LogP contribution is -2.49. The van der Waals surface area contributed by atoms with Crippen molar-refractivity contribution in [1.29, 1.82) is 0 Å². The van der Waals surface area contributed by atoms with E-state index in [1.165, 1.54) is 12.0 Å². The summed E-state index contributed by atoms with van der Waals surface area (Å²) < 4.78 is 4.73. The standard InChI is InChI=1S/C15H24BrN3O3S/c1-9(2)13(14(20)22-5)18-15(21)19(4)7-11-8-23-12(17-11)6-10(3)16/h8-10,13H,6-7H2,1-5H3,(H,18,21). The highest BCUT2D eigenvalue weighted by atomic mass is 79.9. The van der Waals surface area contributed by atoms with Crippen LogP contribution in [0.4, 0.5) is 4.79 Å². The fourth-order valence-electron chi connectivity index (χ4n) is 1.94. The first-order valence-corrected chi connectivity index (χ1v) is 9.21. The van der Waals surface area contributed by atoms with E-state index in [0.717, 1.165) is 17.1 Å². The number of thiazole rings is 1. The van der Waals surface area contributed by atoms with Gasteiger partial charge in [0.2, 0.25) is 0 Å². The molecule has 0 aliphatic carbocycles. The van der Waals surface area contributed by atoms with Crippen molar-refractivity contribution in [1.82, 2.24) is 15.2 Å². The van der Waals surface area contributed by atoms with Gasteiger partial charge in [-0.2, -0.15) is 0 Å². The summed E-state index contributed by atoms with van der Waals surface area (Å²) in [5, 5.41) is 5.69. The zero-order chi connectivity index (χ0) is 17.6. The van der Waals surface area contributed by atoms with Crippen LogP contribution in [0.15, 0.2) is 5.38 Å². The topological polar surface area (TPSA) is 71.5 Å². The largest absolute Gasteiger partial charge is 0.467 e. The van der Waals surface area contributed by atoms with Crippen LogP contribution in [0.2, 0.25) is 0 Å². The van der Waals surface area contributed by atoms with Gasteiger partial charge in [-0.3, -0.25) is 0 Å². The molecule has 0 aliphatic heterocycles. The first kappa shape index (κ1) is 19.9. The fourth-order valence-corrected chi connectivity index (χ4v) is 3.38. The normalized spacial score (nSPS) is 13.5. The van der Waals surface area contributed by atoms with Crippen LogP contribution in [0.5, 0.6) is 0 Å². The number of carbonyl (C=O) groups excluding carboxylic acids is 2. The van der Waals surface area contributed by atoms with Crippen molar-refractivity contribution >= 4 is 39.3 Å². The van der Waals surface area contributed by atoms with Gasteiger partial charge in [0.05, 0.1) is 24.4 Å². The number of hydrogen-bond donors (Lipinski definition) is 1. The molecule has 0 spiro atoms. The molecule has 1 rings (SSSR count). The Morgan fingerprint density at radius 3 is 2.61 bits per heavy atom. The Balaban J connectivity index is 2.62. The van der Waals surface area contributed by atoms with Gasteiger partial charge in [-0.25, -0.2) is 14.6 Å². The molecule has 1 heterocycles. The molecule has 0 radical (unpaired) electrons. The summed E-state index contributed by atoms with van der Waals surface area (Å²) in [5.74, 6) is -0.491. The average molecular weight is 406 g/mol. The Morgan fingerprint density at radius 1 is 1.43 bits per heavy atom. The number of aromatic nitrogens is 1. The molecule has 2 amide bonds. The van der Waals surface area contributed by atoms with E-state index in [2.05, 4.69) is 33.2 Å². The maximum atomic E-state index is 12.2. The predicted molar refractivity (Wildman–Crippen MR) is 94.8 cm³/mol. The zero-order valence-corrected chi connectivity index (χ0v) is 16.5. The lowest BCUT2D eigenvalue weighted by molar-refractivity contribution is -0.144. The van der Waals surface area contributed by atoms with Crippen LogP contribution < -0.4 is 5.32 Å². The van der Waals surface area contributed by atoms with Crippen molar-refractivity contribution in [3.05, 3.63) is 16.1 Å². The number of nitrogens with one attached hydrogen (secondary N) is 1. The number of nitrogens with zero attached hydrogens (tertiary/aromatic N) is 2. The molecule has 23 heavy (non-hydrogen) atoms. The van der Waals surface area contributed by atoms with Crippen molar-refractivity contribution < 1.29 is 14.3 Å². The molecule has 0 aliphatic rings. The van der Waals surface area contributed by atoms with Gasteiger partial charge in [-0.05, 0) is 5.92 Å². The number of carbonyl (C=O) groups is 2. The quantitative estimate of drug-likeness (QED) is 0.559. The van der Waals surface area contributed by atoms with Gasteiger partial charge in [0.25, 0.3) is 0 Å². The SMILES string of the molecule is COC(=O)C(NC(=O)N(C)Cc1csc(CC(C)Br)n1)C(C)C. The smallest absolute Gasteiger partial charge is 0.328 e. The van der Waals surface area contributed by atoms with Gasteiger partial charge in [0, 0.05) is 23.7 Å². The van der Waals surface area contributed by atoms with E-state index in [0.29, 0.717) is 11.4 Å². The number of halogens is 1. The second-order valence-electron chi connectivity index (χ2n) is 5.77. The first-order chi connectivity index (χ1) is 10.7. The van der Waals surface area contributed by atoms with Crippen molar-refractivity contribution in [2.45, 2.75) is 44.6 Å². The molecule has 2 unspecified atom stereocenters. The Bertz CT molecular complexity index is 534. The molecule has 1 N–H and O–H groups in total. The lowest BCUT2D eigenvalue weighted by Gasteiger charge is -2.23. The summed E-state index contributed by atoms with van der Waals surface area (Å²) in [6.45, 7) is 6.18. The molecule has 6 nitrogen and oxygen atoms in total. The molecule has 0 fully saturated rings. The van der Waals surface area contributed by atoms with Gasteiger partial charge in [0.15, 0.2) is 0 Å². The molecule has 0 saturated heterocycles. The summed E-state index contributed by atoms with van der Waals surface area (Å²) >= 11 is 5.09. The maximum absolute atomic E-state index is 12.2. The van der Waals surface area contributed by atoms with E-state index >= 15 is 0 Å². The highest BCUT2D eigenvalue weighted by Gasteiger charge is 2.26. The molecule has 1 aromatic rings. The minimum absolute atomic E-state index is 0.0499. The van der Waals surface area contributed by atoms with E-state index in [-0.39, 0.29) is 11.9 Å². The highest BCUT2D eigenvalue weighted by Crippen LogP contribution is 2.16. The lowest BCUT2D eigenvalue weighted by atomic mass is 10.1. The van der Waals surface area contributed by atoms with Crippen molar-refractivity contribution in [2.24, 2.45) is 5.92 Å². The molecule has 8 heteroatoms. The van der Waals surface area contributed by atoms with Gasteiger partial charge >= 0.3 is 12.0 Å². The second-order valence-corrected chi connectivity index (χ2v) is 8.27. The Hall–Kier alpha value is -1.15. The highest BCUT2D eigenvalue weighted by molar-refractivity contribution is 9.09. The van der Waals surface area contributed by atoms with E-state index in [1.54, 1.807) is 18.4 Å². The number of alkyl halides is 1. The number of hydrogen-bond acceptors (Lipinski definition) is 5. The molecule has 0 bridgehead atoms. The van der Waals surface area contributed by atoms with Crippen LogP contribution in [0, 0.1) is 5.92 Å². The monoisotopic (exact) mass is 405 g/mol. The Labute approximate surface area is 149 Å². The van der Waals surface area contributed by atoms with Crippen LogP contribution >= 0.6 is 27.3 Å². The van der Waals surface area contributed by atoms with E-state index in [1.807, 2.05) is 19.2 Å². The minimum Gasteiger partial charge on any atom is -0.467 e. The third-order valence-corrected chi connectivity index (χ3v) is 4.45. The fraction of sp³-hybridized carbons (Fsp3) is 0.667. The molecular formula is C15H24BrN3O3S. The molecule has 0 aromatic carbocycles. The van der Waals surface area contributed by atoms with Crippen molar-refractivity contribution in [2.75, 3.05) is 14.2 Å². The minimum atomic E-state index is -0.657. The molecular weight excluding hydrogens is 382 g/mol. The summed E-state index contributed by atoms with van der Waals surface area (Å²) in [5.41, 5.74) is 0.843. The third-order valence-electron chi connectivity index (χ3n) is 3.20. The van der Waals surface area contributed by atoms with Gasteiger partial charge in [-0.15, -0.1) is 11.3 Å². The van der Waals surface area contributed by atoms with Gasteiger partial charge in [0.1, 0.15) is 6.04 Å². The number of esters is 1. The summed E-state index contributed by atoms with van der Waals surface area (Å²) in [4.78, 5) is 30.3. The molecule has 130 valence electrons. The van der Waals surface area contributed by atoms with E-state index < -0.39 is 12.0 Å². The van der Waals surface area contributed by atoms with Crippen LogP contribution in [-0.4, -0.2) is 46.9 Å². The van der Waals surface area contributed by atoms with Crippen LogP contribution in [0.3, 0.4) is 0 Å². The third kappa shape index (κ3) is 6.47. The van der Waals surface area contributed by atoms with E-state index in [4.69, 9.17) is 4.74 Å². The zero-order valence-electron chi connectivity index (χ0n) is 14.1. The number of ether oxygens (including phenoxy) is 1. The molecule has 1 aromatic heterocycles. The van der Waals surface area contributed by atoms with E-state index in [9.17, 15) is 9.59 Å². The average Bonchev–Trinajstić information content (AvgIpc) is 2.89. The van der Waals surface area contributed by atoms with Gasteiger partial charge < -0.3 is 15.0 Å². The Kier molecular flexibility index (Phi) is 7.98. The van der Waals surface area contributed by atoms with Gasteiger partial charge in [-0.1, -0.05) is 36.7 Å². The van der Waals surface area contributed by atoms with Crippen LogP contribution in [-0.2, 0) is 22.5 Å². The molecule has 2 atom stereocenters. The number of rotatable bonds is 7. The maximum Gasteiger partial charge on any atom is 0.328 e. The first-order valence-electron chi connectivity index (χ1n) is 7.41. The predicted octanol–water partition coefficient (Wildman–Crippen LogP) is 2.81.